The first kappa shape index (κ1) is 22.4. The number of hydrogen-bond donors (Lipinski definition) is 1. The Labute approximate surface area is 196 Å². The molecule has 168 valence electrons. The fourth-order valence-corrected chi connectivity index (χ4v) is 4.25. The van der Waals surface area contributed by atoms with Gasteiger partial charge in [0.25, 0.3) is 5.91 Å². The SMILES string of the molecule is COc1ccc(NC(=O)[C@H](c2ccccc2)N(Cc2ccco2)C(=O)Cc2cccs2)cc1. The van der Waals surface area contributed by atoms with Crippen molar-refractivity contribution in [3.8, 4) is 5.75 Å². The topological polar surface area (TPSA) is 71.8 Å². The molecule has 0 fully saturated rings. The zero-order chi connectivity index (χ0) is 23.0. The summed E-state index contributed by atoms with van der Waals surface area (Å²) in [5.74, 6) is 0.830. The van der Waals surface area contributed by atoms with Crippen LogP contribution in [-0.2, 0) is 22.6 Å². The molecule has 2 aromatic carbocycles. The minimum Gasteiger partial charge on any atom is -0.497 e. The van der Waals surface area contributed by atoms with Gasteiger partial charge in [-0.3, -0.25) is 9.59 Å². The van der Waals surface area contributed by atoms with Gasteiger partial charge in [0.1, 0.15) is 17.6 Å². The molecule has 6 nitrogen and oxygen atoms in total. The molecular weight excluding hydrogens is 436 g/mol. The van der Waals surface area contributed by atoms with Crippen LogP contribution < -0.4 is 10.1 Å². The van der Waals surface area contributed by atoms with E-state index in [1.54, 1.807) is 54.7 Å². The van der Waals surface area contributed by atoms with Gasteiger partial charge in [-0.05, 0) is 53.4 Å². The first-order chi connectivity index (χ1) is 16.1. The normalized spacial score (nSPS) is 11.5. The number of benzene rings is 2. The van der Waals surface area contributed by atoms with Crippen LogP contribution in [0.5, 0.6) is 5.75 Å². The van der Waals surface area contributed by atoms with E-state index in [0.717, 1.165) is 10.4 Å². The van der Waals surface area contributed by atoms with E-state index in [1.165, 1.54) is 11.3 Å². The second-order valence-corrected chi connectivity index (χ2v) is 8.42. The predicted octanol–water partition coefficient (Wildman–Crippen LogP) is 5.30. The molecule has 2 amide bonds. The molecule has 0 aliphatic carbocycles. The maximum atomic E-state index is 13.6. The number of methoxy groups -OCH3 is 1. The lowest BCUT2D eigenvalue weighted by Crippen LogP contribution is -2.41. The van der Waals surface area contributed by atoms with Gasteiger partial charge in [-0.2, -0.15) is 0 Å². The molecule has 0 aliphatic heterocycles. The molecule has 2 aromatic heterocycles. The Morgan fingerprint density at radius 1 is 1.00 bits per heavy atom. The molecule has 0 saturated carbocycles. The van der Waals surface area contributed by atoms with Gasteiger partial charge in [-0.25, -0.2) is 0 Å². The van der Waals surface area contributed by atoms with Crippen LogP contribution in [0, 0.1) is 0 Å². The second kappa shape index (κ2) is 10.7. The van der Waals surface area contributed by atoms with Gasteiger partial charge in [0.2, 0.25) is 5.91 Å². The van der Waals surface area contributed by atoms with Crippen molar-refractivity contribution in [3.05, 3.63) is 107 Å². The number of carbonyl (C=O) groups is 2. The fourth-order valence-electron chi connectivity index (χ4n) is 3.55. The lowest BCUT2D eigenvalue weighted by molar-refractivity contribution is -0.139. The van der Waals surface area contributed by atoms with Gasteiger partial charge in [0, 0.05) is 10.6 Å². The highest BCUT2D eigenvalue weighted by molar-refractivity contribution is 7.10. The number of carbonyl (C=O) groups excluding carboxylic acids is 2. The van der Waals surface area contributed by atoms with Gasteiger partial charge < -0.3 is 19.4 Å². The number of hydrogen-bond acceptors (Lipinski definition) is 5. The van der Waals surface area contributed by atoms with Crippen LogP contribution in [0.1, 0.15) is 22.2 Å². The zero-order valence-corrected chi connectivity index (χ0v) is 19.0. The molecule has 2 heterocycles. The van der Waals surface area contributed by atoms with Crippen molar-refractivity contribution in [2.75, 3.05) is 12.4 Å². The molecular formula is C26H24N2O4S. The number of rotatable bonds is 9. The van der Waals surface area contributed by atoms with Crippen LogP contribution in [0.25, 0.3) is 0 Å². The molecule has 0 radical (unpaired) electrons. The van der Waals surface area contributed by atoms with E-state index in [2.05, 4.69) is 5.32 Å². The lowest BCUT2D eigenvalue weighted by atomic mass is 10.0. The maximum Gasteiger partial charge on any atom is 0.251 e. The van der Waals surface area contributed by atoms with Crippen LogP contribution in [0.3, 0.4) is 0 Å². The Morgan fingerprint density at radius 3 is 2.42 bits per heavy atom. The summed E-state index contributed by atoms with van der Waals surface area (Å²) in [6, 6.07) is 22.9. The molecule has 1 atom stereocenters. The van der Waals surface area contributed by atoms with E-state index in [4.69, 9.17) is 9.15 Å². The highest BCUT2D eigenvalue weighted by Gasteiger charge is 2.32. The molecule has 0 unspecified atom stereocenters. The molecule has 0 bridgehead atoms. The van der Waals surface area contributed by atoms with E-state index in [1.807, 2.05) is 47.8 Å². The third-order valence-corrected chi connectivity index (χ3v) is 6.04. The molecule has 0 spiro atoms. The third kappa shape index (κ3) is 5.70. The van der Waals surface area contributed by atoms with Crippen molar-refractivity contribution in [1.29, 1.82) is 0 Å². The summed E-state index contributed by atoms with van der Waals surface area (Å²) < 4.78 is 10.7. The predicted molar refractivity (Wildman–Crippen MR) is 128 cm³/mol. The Morgan fingerprint density at radius 2 is 1.79 bits per heavy atom. The molecule has 0 saturated heterocycles. The summed E-state index contributed by atoms with van der Waals surface area (Å²) in [4.78, 5) is 29.6. The standard InChI is InChI=1S/C26H24N2O4S/c1-31-21-13-11-20(12-14-21)27-26(30)25(19-7-3-2-4-8-19)28(18-22-9-5-15-32-22)24(29)17-23-10-6-16-33-23/h2-16,25H,17-18H2,1H3,(H,27,30)/t25-/m0/s1. The van der Waals surface area contributed by atoms with Crippen LogP contribution in [0.2, 0.25) is 0 Å². The summed E-state index contributed by atoms with van der Waals surface area (Å²) in [7, 11) is 1.59. The third-order valence-electron chi connectivity index (χ3n) is 5.17. The average molecular weight is 461 g/mol. The number of nitrogens with one attached hydrogen (secondary N) is 1. The van der Waals surface area contributed by atoms with Crippen molar-refractivity contribution < 1.29 is 18.7 Å². The Kier molecular flexibility index (Phi) is 7.22. The number of furan rings is 1. The van der Waals surface area contributed by atoms with Gasteiger partial charge in [-0.15, -0.1) is 11.3 Å². The summed E-state index contributed by atoms with van der Waals surface area (Å²) in [6.45, 7) is 0.173. The summed E-state index contributed by atoms with van der Waals surface area (Å²) >= 11 is 1.52. The van der Waals surface area contributed by atoms with E-state index < -0.39 is 6.04 Å². The van der Waals surface area contributed by atoms with E-state index in [0.29, 0.717) is 17.2 Å². The first-order valence-corrected chi connectivity index (χ1v) is 11.4. The van der Waals surface area contributed by atoms with Crippen molar-refractivity contribution in [2.24, 2.45) is 0 Å². The number of nitrogens with zero attached hydrogens (tertiary/aromatic N) is 1. The highest BCUT2D eigenvalue weighted by Crippen LogP contribution is 2.27. The summed E-state index contributed by atoms with van der Waals surface area (Å²) in [5.41, 5.74) is 1.33. The Balaban J connectivity index is 1.67. The lowest BCUT2D eigenvalue weighted by Gasteiger charge is -2.31. The molecule has 4 rings (SSSR count). The minimum atomic E-state index is -0.842. The van der Waals surface area contributed by atoms with Crippen LogP contribution in [0.15, 0.2) is 94.9 Å². The summed E-state index contributed by atoms with van der Waals surface area (Å²) in [5, 5.41) is 4.88. The van der Waals surface area contributed by atoms with Crippen LogP contribution in [0.4, 0.5) is 5.69 Å². The molecule has 7 heteroatoms. The van der Waals surface area contributed by atoms with Gasteiger partial charge in [0.15, 0.2) is 0 Å². The van der Waals surface area contributed by atoms with E-state index in [9.17, 15) is 9.59 Å². The largest absolute Gasteiger partial charge is 0.497 e. The highest BCUT2D eigenvalue weighted by atomic mass is 32.1. The van der Waals surface area contributed by atoms with Crippen LogP contribution >= 0.6 is 11.3 Å². The van der Waals surface area contributed by atoms with Crippen molar-refractivity contribution in [2.45, 2.75) is 19.0 Å². The van der Waals surface area contributed by atoms with E-state index in [-0.39, 0.29) is 24.8 Å². The number of anilines is 1. The average Bonchev–Trinajstić information content (AvgIpc) is 3.54. The molecule has 33 heavy (non-hydrogen) atoms. The van der Waals surface area contributed by atoms with Crippen molar-refractivity contribution in [1.82, 2.24) is 4.90 Å². The maximum absolute atomic E-state index is 13.6. The Bertz CT molecular complexity index is 1160. The zero-order valence-electron chi connectivity index (χ0n) is 18.1. The molecule has 0 aliphatic rings. The Hall–Kier alpha value is -3.84. The van der Waals surface area contributed by atoms with Gasteiger partial charge in [0.05, 0.1) is 26.3 Å². The first-order valence-electron chi connectivity index (χ1n) is 10.5. The quantitative estimate of drug-likeness (QED) is 0.368. The number of amides is 2. The van der Waals surface area contributed by atoms with E-state index >= 15 is 0 Å². The summed E-state index contributed by atoms with van der Waals surface area (Å²) in [6.07, 6.45) is 1.77. The van der Waals surface area contributed by atoms with Gasteiger partial charge in [-0.1, -0.05) is 36.4 Å². The van der Waals surface area contributed by atoms with Crippen molar-refractivity contribution >= 4 is 28.8 Å². The fraction of sp³-hybridized carbons (Fsp3) is 0.154. The smallest absolute Gasteiger partial charge is 0.251 e. The van der Waals surface area contributed by atoms with Crippen LogP contribution in [-0.4, -0.2) is 23.8 Å². The number of thiophene rings is 1. The minimum absolute atomic E-state index is 0.160. The molecule has 1 N–H and O–H groups in total. The monoisotopic (exact) mass is 460 g/mol. The number of ether oxygens (including phenoxy) is 1. The van der Waals surface area contributed by atoms with Gasteiger partial charge >= 0.3 is 0 Å². The second-order valence-electron chi connectivity index (χ2n) is 7.39. The van der Waals surface area contributed by atoms with Crippen molar-refractivity contribution in [3.63, 3.8) is 0 Å². The molecule has 4 aromatic rings.